The molecule has 0 aromatic heterocycles. The highest BCUT2D eigenvalue weighted by Crippen LogP contribution is 2.18. The monoisotopic (exact) mass is 402 g/mol. The third-order valence-electron chi connectivity index (χ3n) is 5.37. The molecule has 1 unspecified atom stereocenters. The van der Waals surface area contributed by atoms with Gasteiger partial charge in [-0.15, -0.1) is 0 Å². The van der Waals surface area contributed by atoms with Crippen molar-refractivity contribution in [2.75, 3.05) is 45.9 Å². The molecule has 1 aromatic rings. The van der Waals surface area contributed by atoms with Crippen LogP contribution < -0.4 is 5.32 Å². The number of hydrogen-bond donors (Lipinski definition) is 1. The summed E-state index contributed by atoms with van der Waals surface area (Å²) < 4.78 is 4.86. The van der Waals surface area contributed by atoms with E-state index in [-0.39, 0.29) is 19.1 Å². The second kappa shape index (κ2) is 10.2. The van der Waals surface area contributed by atoms with Gasteiger partial charge in [0.2, 0.25) is 5.91 Å². The third-order valence-corrected chi connectivity index (χ3v) is 5.37. The molecule has 0 aliphatic carbocycles. The minimum absolute atomic E-state index is 0.00783. The molecule has 2 heterocycles. The van der Waals surface area contributed by atoms with Gasteiger partial charge in [0, 0.05) is 39.3 Å². The van der Waals surface area contributed by atoms with Gasteiger partial charge < -0.3 is 19.9 Å². The highest BCUT2D eigenvalue weighted by atomic mass is 16.5. The Hall–Kier alpha value is -2.61. The first-order valence-corrected chi connectivity index (χ1v) is 10.3. The van der Waals surface area contributed by atoms with Crippen molar-refractivity contribution in [2.24, 2.45) is 0 Å². The van der Waals surface area contributed by atoms with E-state index >= 15 is 0 Å². The number of nitrogens with zero attached hydrogens (tertiary/aromatic N) is 3. The van der Waals surface area contributed by atoms with Gasteiger partial charge in [0.1, 0.15) is 12.6 Å². The molecule has 8 nitrogen and oxygen atoms in total. The van der Waals surface area contributed by atoms with Crippen LogP contribution >= 0.6 is 0 Å². The smallest absolute Gasteiger partial charge is 0.325 e. The molecule has 29 heavy (non-hydrogen) atoms. The fraction of sp³-hybridized carbons (Fsp3) is 0.571. The largest absolute Gasteiger partial charge is 0.465 e. The number of esters is 1. The number of hydrogen-bond acceptors (Lipinski definition) is 5. The Kier molecular flexibility index (Phi) is 7.46. The van der Waals surface area contributed by atoms with Crippen LogP contribution in [0.25, 0.3) is 0 Å². The van der Waals surface area contributed by atoms with Crippen LogP contribution in [0.1, 0.15) is 25.3 Å². The van der Waals surface area contributed by atoms with E-state index in [1.165, 1.54) is 5.56 Å². The maximum Gasteiger partial charge on any atom is 0.325 e. The second-order valence-electron chi connectivity index (χ2n) is 7.43. The quantitative estimate of drug-likeness (QED) is 0.720. The van der Waals surface area contributed by atoms with Gasteiger partial charge in [0.15, 0.2) is 0 Å². The van der Waals surface area contributed by atoms with Crippen molar-refractivity contribution in [3.63, 3.8) is 0 Å². The van der Waals surface area contributed by atoms with E-state index in [4.69, 9.17) is 4.74 Å². The van der Waals surface area contributed by atoms with E-state index in [9.17, 15) is 14.4 Å². The molecule has 0 bridgehead atoms. The Morgan fingerprint density at radius 3 is 2.48 bits per heavy atom. The average Bonchev–Trinajstić information content (AvgIpc) is 3.27. The third kappa shape index (κ3) is 5.69. The van der Waals surface area contributed by atoms with Crippen LogP contribution in [0, 0.1) is 0 Å². The number of piperazine rings is 1. The molecule has 158 valence electrons. The van der Waals surface area contributed by atoms with Crippen molar-refractivity contribution in [3.8, 4) is 0 Å². The number of benzene rings is 1. The summed E-state index contributed by atoms with van der Waals surface area (Å²) >= 11 is 0. The van der Waals surface area contributed by atoms with Crippen LogP contribution in [0.3, 0.4) is 0 Å². The zero-order valence-electron chi connectivity index (χ0n) is 17.0. The molecule has 0 saturated carbocycles. The summed E-state index contributed by atoms with van der Waals surface area (Å²) in [6, 6.07) is 9.17. The molecule has 2 saturated heterocycles. The summed E-state index contributed by atoms with van der Waals surface area (Å²) in [5.41, 5.74) is 1.18. The first-order chi connectivity index (χ1) is 14.1. The van der Waals surface area contributed by atoms with E-state index in [2.05, 4.69) is 22.3 Å². The molecule has 0 spiro atoms. The molecule has 8 heteroatoms. The van der Waals surface area contributed by atoms with E-state index in [0.29, 0.717) is 19.6 Å². The van der Waals surface area contributed by atoms with Gasteiger partial charge in [-0.2, -0.15) is 0 Å². The predicted molar refractivity (Wildman–Crippen MR) is 108 cm³/mol. The normalized spacial score (nSPS) is 19.8. The molecular formula is C21H30N4O4. The topological polar surface area (TPSA) is 82.2 Å². The average molecular weight is 402 g/mol. The molecule has 2 aliphatic heterocycles. The lowest BCUT2D eigenvalue weighted by molar-refractivity contribution is -0.141. The maximum absolute atomic E-state index is 13.1. The van der Waals surface area contributed by atoms with Crippen molar-refractivity contribution in [1.29, 1.82) is 0 Å². The number of rotatable bonds is 6. The van der Waals surface area contributed by atoms with Crippen LogP contribution in [-0.2, 0) is 20.9 Å². The number of amides is 3. The van der Waals surface area contributed by atoms with Crippen molar-refractivity contribution >= 4 is 17.9 Å². The number of urea groups is 1. The predicted octanol–water partition coefficient (Wildman–Crippen LogP) is 1.07. The Morgan fingerprint density at radius 1 is 1.07 bits per heavy atom. The van der Waals surface area contributed by atoms with Gasteiger partial charge in [-0.3, -0.25) is 14.5 Å². The minimum atomic E-state index is -0.548. The highest BCUT2D eigenvalue weighted by molar-refractivity contribution is 5.89. The molecule has 1 atom stereocenters. The van der Waals surface area contributed by atoms with Crippen molar-refractivity contribution < 1.29 is 19.1 Å². The Labute approximate surface area is 171 Å². The molecule has 0 radical (unpaired) electrons. The number of likely N-dealkylation sites (tertiary alicyclic amines) is 1. The van der Waals surface area contributed by atoms with Crippen LogP contribution in [0.4, 0.5) is 4.79 Å². The summed E-state index contributed by atoms with van der Waals surface area (Å²) in [6.07, 6.45) is 2.00. The maximum atomic E-state index is 13.1. The molecule has 3 amide bonds. The molecular weight excluding hydrogens is 372 g/mol. The first-order valence-electron chi connectivity index (χ1n) is 10.3. The standard InChI is InChI=1S/C21H30N4O4/c1-2-29-19(26)14-22-21(28)25-13-12-23(15-17-8-4-3-5-9-17)16-18(25)20(27)24-10-6-7-11-24/h3-5,8-9,18H,2,6-7,10-16H2,1H3,(H,22,28). The number of nitrogens with one attached hydrogen (secondary N) is 1. The number of carbonyl (C=O) groups excluding carboxylic acids is 3. The van der Waals surface area contributed by atoms with Crippen LogP contribution in [0.5, 0.6) is 0 Å². The number of carbonyl (C=O) groups is 3. The van der Waals surface area contributed by atoms with Gasteiger partial charge in [0.05, 0.1) is 6.61 Å². The Bertz CT molecular complexity index is 706. The van der Waals surface area contributed by atoms with E-state index in [1.807, 2.05) is 23.1 Å². The van der Waals surface area contributed by atoms with Crippen molar-refractivity contribution in [1.82, 2.24) is 20.0 Å². The van der Waals surface area contributed by atoms with Gasteiger partial charge in [-0.1, -0.05) is 30.3 Å². The van der Waals surface area contributed by atoms with Crippen LogP contribution in [0.15, 0.2) is 30.3 Å². The van der Waals surface area contributed by atoms with E-state index < -0.39 is 18.0 Å². The lowest BCUT2D eigenvalue weighted by atomic mass is 10.1. The Morgan fingerprint density at radius 2 is 1.79 bits per heavy atom. The minimum Gasteiger partial charge on any atom is -0.465 e. The summed E-state index contributed by atoms with van der Waals surface area (Å²) in [5.74, 6) is -0.488. The zero-order chi connectivity index (χ0) is 20.6. The van der Waals surface area contributed by atoms with E-state index in [1.54, 1.807) is 11.8 Å². The van der Waals surface area contributed by atoms with Crippen molar-refractivity contribution in [2.45, 2.75) is 32.4 Å². The van der Waals surface area contributed by atoms with Crippen LogP contribution in [0.2, 0.25) is 0 Å². The molecule has 2 aliphatic rings. The van der Waals surface area contributed by atoms with Crippen LogP contribution in [-0.4, -0.2) is 84.5 Å². The highest BCUT2D eigenvalue weighted by Gasteiger charge is 2.38. The Balaban J connectivity index is 1.66. The van der Waals surface area contributed by atoms with E-state index in [0.717, 1.165) is 32.5 Å². The summed E-state index contributed by atoms with van der Waals surface area (Å²) in [7, 11) is 0. The molecule has 2 fully saturated rings. The van der Waals surface area contributed by atoms with Gasteiger partial charge in [-0.25, -0.2) is 4.79 Å². The summed E-state index contributed by atoms with van der Waals surface area (Å²) in [6.45, 7) is 5.61. The van der Waals surface area contributed by atoms with Crippen molar-refractivity contribution in [3.05, 3.63) is 35.9 Å². The SMILES string of the molecule is CCOC(=O)CNC(=O)N1CCN(Cc2ccccc2)CC1C(=O)N1CCCC1. The van der Waals surface area contributed by atoms with Gasteiger partial charge in [-0.05, 0) is 25.3 Å². The zero-order valence-corrected chi connectivity index (χ0v) is 17.0. The van der Waals surface area contributed by atoms with Gasteiger partial charge >= 0.3 is 12.0 Å². The lowest BCUT2D eigenvalue weighted by Crippen LogP contribution is -2.62. The summed E-state index contributed by atoms with van der Waals surface area (Å²) in [5, 5.41) is 2.60. The van der Waals surface area contributed by atoms with Gasteiger partial charge in [0.25, 0.3) is 0 Å². The fourth-order valence-electron chi connectivity index (χ4n) is 3.89. The summed E-state index contributed by atoms with van der Waals surface area (Å²) in [4.78, 5) is 43.1. The number of ether oxygens (including phenoxy) is 1. The second-order valence-corrected chi connectivity index (χ2v) is 7.43. The molecule has 1 aromatic carbocycles. The lowest BCUT2D eigenvalue weighted by Gasteiger charge is -2.41. The molecule has 3 rings (SSSR count). The molecule has 1 N–H and O–H groups in total. The first kappa shape index (κ1) is 21.1. The fourth-order valence-corrected chi connectivity index (χ4v) is 3.89.